The van der Waals surface area contributed by atoms with Gasteiger partial charge in [-0.1, -0.05) is 0 Å². The van der Waals surface area contributed by atoms with Crippen LogP contribution in [0, 0.1) is 6.92 Å². The molecule has 2 N–H and O–H groups in total. The molecule has 1 aliphatic heterocycles. The van der Waals surface area contributed by atoms with Gasteiger partial charge in [0.05, 0.1) is 6.04 Å². The number of benzene rings is 1. The van der Waals surface area contributed by atoms with E-state index in [1.807, 2.05) is 31.2 Å². The van der Waals surface area contributed by atoms with E-state index in [9.17, 15) is 4.79 Å². The van der Waals surface area contributed by atoms with Crippen LogP contribution < -0.4 is 10.6 Å². The maximum Gasteiger partial charge on any atom is 0.241 e. The van der Waals surface area contributed by atoms with Crippen molar-refractivity contribution in [2.45, 2.75) is 19.4 Å². The third-order valence-electron chi connectivity index (χ3n) is 3.05. The van der Waals surface area contributed by atoms with E-state index in [1.54, 1.807) is 0 Å². The summed E-state index contributed by atoms with van der Waals surface area (Å²) in [6, 6.07) is 7.61. The highest BCUT2D eigenvalue weighted by atomic mass is 16.3. The molecule has 3 rings (SSSR count). The second-order valence-electron chi connectivity index (χ2n) is 4.39. The van der Waals surface area contributed by atoms with Crippen LogP contribution in [-0.4, -0.2) is 18.5 Å². The molecular formula is C13H14N2O2. The highest BCUT2D eigenvalue weighted by molar-refractivity contribution is 5.97. The number of nitrogens with one attached hydrogen (secondary N) is 2. The highest BCUT2D eigenvalue weighted by Crippen LogP contribution is 2.22. The molecule has 2 heterocycles. The van der Waals surface area contributed by atoms with Crippen molar-refractivity contribution in [3.8, 4) is 0 Å². The number of rotatable bonds is 2. The van der Waals surface area contributed by atoms with Gasteiger partial charge in [0.25, 0.3) is 0 Å². The molecule has 2 aromatic rings. The van der Waals surface area contributed by atoms with Crippen LogP contribution in [0.15, 0.2) is 28.7 Å². The fraction of sp³-hybridized carbons (Fsp3) is 0.308. The summed E-state index contributed by atoms with van der Waals surface area (Å²) in [5, 5.41) is 6.99. The predicted octanol–water partition coefficient (Wildman–Crippen LogP) is 2.04. The lowest BCUT2D eigenvalue weighted by molar-refractivity contribution is -0.119. The Labute approximate surface area is 99.0 Å². The minimum Gasteiger partial charge on any atom is -0.461 e. The van der Waals surface area contributed by atoms with Gasteiger partial charge in [0.1, 0.15) is 11.3 Å². The number of hydrogen-bond acceptors (Lipinski definition) is 3. The van der Waals surface area contributed by atoms with E-state index in [-0.39, 0.29) is 11.9 Å². The largest absolute Gasteiger partial charge is 0.461 e. The van der Waals surface area contributed by atoms with Crippen molar-refractivity contribution in [1.29, 1.82) is 0 Å². The van der Waals surface area contributed by atoms with Crippen molar-refractivity contribution in [2.75, 3.05) is 11.9 Å². The summed E-state index contributed by atoms with van der Waals surface area (Å²) in [5.74, 6) is 0.917. The van der Waals surface area contributed by atoms with Crippen molar-refractivity contribution in [3.63, 3.8) is 0 Å². The molecule has 88 valence electrons. The van der Waals surface area contributed by atoms with E-state index in [1.165, 1.54) is 0 Å². The van der Waals surface area contributed by atoms with E-state index in [0.717, 1.165) is 35.4 Å². The summed E-state index contributed by atoms with van der Waals surface area (Å²) in [4.78, 5) is 11.7. The molecule has 1 aromatic heterocycles. The maximum absolute atomic E-state index is 11.7. The van der Waals surface area contributed by atoms with E-state index in [4.69, 9.17) is 4.42 Å². The molecule has 4 nitrogen and oxygen atoms in total. The van der Waals surface area contributed by atoms with Crippen LogP contribution in [0.5, 0.6) is 0 Å². The van der Waals surface area contributed by atoms with Gasteiger partial charge in [-0.25, -0.2) is 0 Å². The first-order valence-corrected chi connectivity index (χ1v) is 5.77. The third-order valence-corrected chi connectivity index (χ3v) is 3.05. The summed E-state index contributed by atoms with van der Waals surface area (Å²) in [7, 11) is 0. The normalized spacial score (nSPS) is 19.0. The number of carbonyl (C=O) groups excluding carboxylic acids is 1. The van der Waals surface area contributed by atoms with Gasteiger partial charge in [0.2, 0.25) is 5.91 Å². The first-order valence-electron chi connectivity index (χ1n) is 5.77. The Morgan fingerprint density at radius 2 is 2.29 bits per heavy atom. The Morgan fingerprint density at radius 3 is 3.00 bits per heavy atom. The quantitative estimate of drug-likeness (QED) is 0.830. The number of carbonyl (C=O) groups is 1. The molecule has 0 bridgehead atoms. The van der Waals surface area contributed by atoms with Gasteiger partial charge in [-0.15, -0.1) is 0 Å². The molecule has 0 aliphatic carbocycles. The van der Waals surface area contributed by atoms with E-state index < -0.39 is 0 Å². The average Bonchev–Trinajstić information content (AvgIpc) is 2.54. The Kier molecular flexibility index (Phi) is 2.37. The summed E-state index contributed by atoms with van der Waals surface area (Å²) in [6.07, 6.45) is 0.916. The van der Waals surface area contributed by atoms with Gasteiger partial charge in [-0.05, 0) is 44.2 Å². The van der Waals surface area contributed by atoms with E-state index in [2.05, 4.69) is 10.6 Å². The highest BCUT2D eigenvalue weighted by Gasteiger charge is 2.24. The van der Waals surface area contributed by atoms with Gasteiger partial charge >= 0.3 is 0 Å². The molecule has 1 saturated heterocycles. The zero-order valence-corrected chi connectivity index (χ0v) is 9.62. The van der Waals surface area contributed by atoms with Gasteiger partial charge in [-0.3, -0.25) is 4.79 Å². The van der Waals surface area contributed by atoms with Crippen LogP contribution in [0.1, 0.15) is 12.2 Å². The standard InChI is InChI=1S/C13H14N2O2/c1-8-6-9-7-10(2-3-12(9)17-8)15-13(16)11-4-5-14-11/h2-3,6-7,11,14H,4-5H2,1H3,(H,15,16). The summed E-state index contributed by atoms with van der Waals surface area (Å²) >= 11 is 0. The lowest BCUT2D eigenvalue weighted by Crippen LogP contribution is -2.50. The molecule has 1 fully saturated rings. The summed E-state index contributed by atoms with van der Waals surface area (Å²) in [5.41, 5.74) is 1.67. The molecule has 0 spiro atoms. The molecule has 1 aliphatic rings. The molecule has 1 amide bonds. The van der Waals surface area contributed by atoms with Gasteiger partial charge in [0.15, 0.2) is 0 Å². The monoisotopic (exact) mass is 230 g/mol. The fourth-order valence-corrected chi connectivity index (χ4v) is 2.00. The average molecular weight is 230 g/mol. The van der Waals surface area contributed by atoms with Crippen molar-refractivity contribution in [2.24, 2.45) is 0 Å². The first-order chi connectivity index (χ1) is 8.22. The lowest BCUT2D eigenvalue weighted by Gasteiger charge is -2.26. The Morgan fingerprint density at radius 1 is 1.47 bits per heavy atom. The van der Waals surface area contributed by atoms with Gasteiger partial charge in [0, 0.05) is 11.1 Å². The lowest BCUT2D eigenvalue weighted by atomic mass is 10.1. The molecule has 0 radical (unpaired) electrons. The minimum absolute atomic E-state index is 0.0308. The number of anilines is 1. The Balaban J connectivity index is 1.82. The number of hydrogen-bond donors (Lipinski definition) is 2. The van der Waals surface area contributed by atoms with Crippen LogP contribution in [0.4, 0.5) is 5.69 Å². The molecular weight excluding hydrogens is 216 g/mol. The first kappa shape index (κ1) is 10.4. The fourth-order valence-electron chi connectivity index (χ4n) is 2.00. The van der Waals surface area contributed by atoms with Crippen molar-refractivity contribution >= 4 is 22.6 Å². The topological polar surface area (TPSA) is 54.3 Å². The molecule has 1 atom stereocenters. The minimum atomic E-state index is -0.0308. The predicted molar refractivity (Wildman–Crippen MR) is 66.0 cm³/mol. The van der Waals surface area contributed by atoms with Crippen molar-refractivity contribution in [3.05, 3.63) is 30.0 Å². The summed E-state index contributed by atoms with van der Waals surface area (Å²) in [6.45, 7) is 2.84. The Hall–Kier alpha value is -1.81. The zero-order chi connectivity index (χ0) is 11.8. The number of aryl methyl sites for hydroxylation is 1. The van der Waals surface area contributed by atoms with E-state index in [0.29, 0.717) is 0 Å². The van der Waals surface area contributed by atoms with Gasteiger partial charge < -0.3 is 15.1 Å². The van der Waals surface area contributed by atoms with Crippen LogP contribution in [0.25, 0.3) is 11.0 Å². The smallest absolute Gasteiger partial charge is 0.241 e. The second kappa shape index (κ2) is 3.89. The Bertz CT molecular complexity index is 570. The molecule has 4 heteroatoms. The van der Waals surface area contributed by atoms with Crippen LogP contribution in [0.3, 0.4) is 0 Å². The SMILES string of the molecule is Cc1cc2cc(NC(=O)C3CCN3)ccc2o1. The van der Waals surface area contributed by atoms with E-state index >= 15 is 0 Å². The molecule has 1 aromatic carbocycles. The number of furan rings is 1. The van der Waals surface area contributed by atoms with Crippen LogP contribution >= 0.6 is 0 Å². The van der Waals surface area contributed by atoms with Crippen LogP contribution in [-0.2, 0) is 4.79 Å². The second-order valence-corrected chi connectivity index (χ2v) is 4.39. The molecule has 0 saturated carbocycles. The molecule has 17 heavy (non-hydrogen) atoms. The van der Waals surface area contributed by atoms with Crippen LogP contribution in [0.2, 0.25) is 0 Å². The maximum atomic E-state index is 11.7. The zero-order valence-electron chi connectivity index (χ0n) is 9.62. The van der Waals surface area contributed by atoms with Crippen molar-refractivity contribution < 1.29 is 9.21 Å². The van der Waals surface area contributed by atoms with Gasteiger partial charge in [-0.2, -0.15) is 0 Å². The third kappa shape index (κ3) is 1.91. The number of amides is 1. The summed E-state index contributed by atoms with van der Waals surface area (Å²) < 4.78 is 5.48. The van der Waals surface area contributed by atoms with Crippen molar-refractivity contribution in [1.82, 2.24) is 5.32 Å². The molecule has 1 unspecified atom stereocenters. The number of fused-ring (bicyclic) bond motifs is 1.